The van der Waals surface area contributed by atoms with Gasteiger partial charge in [0.25, 0.3) is 0 Å². The number of halogens is 1. The Bertz CT molecular complexity index is 414. The lowest BCUT2D eigenvalue weighted by atomic mass is 9.85. The van der Waals surface area contributed by atoms with Gasteiger partial charge < -0.3 is 0 Å². The van der Waals surface area contributed by atoms with E-state index in [-0.39, 0.29) is 0 Å². The van der Waals surface area contributed by atoms with Gasteiger partial charge in [0, 0.05) is 23.6 Å². The summed E-state index contributed by atoms with van der Waals surface area (Å²) in [6.07, 6.45) is 7.50. The topological polar surface area (TPSA) is 3.24 Å². The number of benzene rings is 1. The first kappa shape index (κ1) is 12.7. The zero-order valence-electron chi connectivity index (χ0n) is 10.6. The van der Waals surface area contributed by atoms with Gasteiger partial charge in [-0.05, 0) is 30.2 Å². The molecule has 2 heteroatoms. The molecule has 1 aliphatic carbocycles. The predicted molar refractivity (Wildman–Crippen MR) is 84.9 cm³/mol. The maximum absolute atomic E-state index is 2.72. The van der Waals surface area contributed by atoms with Crippen LogP contribution in [0.3, 0.4) is 0 Å². The molecule has 1 aromatic rings. The van der Waals surface area contributed by atoms with Crippen LogP contribution in [0.15, 0.2) is 42.5 Å². The summed E-state index contributed by atoms with van der Waals surface area (Å²) in [7, 11) is 0. The van der Waals surface area contributed by atoms with Gasteiger partial charge in [-0.1, -0.05) is 65.1 Å². The average Bonchev–Trinajstić information content (AvgIpc) is 2.78. The molecule has 1 nitrogen and oxygen atoms in total. The van der Waals surface area contributed by atoms with Gasteiger partial charge in [-0.25, -0.2) is 0 Å². The third-order valence-corrected chi connectivity index (χ3v) is 5.47. The number of hydrogen-bond donors (Lipinski definition) is 0. The highest BCUT2D eigenvalue weighted by atomic mass is 127. The van der Waals surface area contributed by atoms with E-state index < -0.39 is 0 Å². The summed E-state index contributed by atoms with van der Waals surface area (Å²) in [5.41, 5.74) is 1.46. The van der Waals surface area contributed by atoms with Crippen molar-refractivity contribution < 1.29 is 0 Å². The summed E-state index contributed by atoms with van der Waals surface area (Å²) in [4.78, 5) is 2.72. The first-order chi connectivity index (χ1) is 8.88. The monoisotopic (exact) mass is 353 g/mol. The van der Waals surface area contributed by atoms with Gasteiger partial charge in [0.05, 0.1) is 0 Å². The number of hydrogen-bond acceptors (Lipinski definition) is 1. The Morgan fingerprint density at radius 3 is 2.83 bits per heavy atom. The minimum atomic E-state index is 0.787. The summed E-state index contributed by atoms with van der Waals surface area (Å²) in [5, 5.41) is 0. The first-order valence-electron chi connectivity index (χ1n) is 6.89. The van der Waals surface area contributed by atoms with E-state index >= 15 is 0 Å². The summed E-state index contributed by atoms with van der Waals surface area (Å²) >= 11 is 2.56. The second-order valence-electron chi connectivity index (χ2n) is 5.48. The van der Waals surface area contributed by atoms with Crippen molar-refractivity contribution in [1.29, 1.82) is 0 Å². The highest BCUT2D eigenvalue weighted by Crippen LogP contribution is 2.38. The Hall–Kier alpha value is -0.350. The van der Waals surface area contributed by atoms with E-state index in [0.717, 1.165) is 24.4 Å². The highest BCUT2D eigenvalue weighted by Gasteiger charge is 2.39. The van der Waals surface area contributed by atoms with Gasteiger partial charge in [-0.3, -0.25) is 4.90 Å². The predicted octanol–water partition coefficient (Wildman–Crippen LogP) is 3.89. The van der Waals surface area contributed by atoms with Crippen molar-refractivity contribution in [1.82, 2.24) is 4.90 Å². The second kappa shape index (κ2) is 5.74. The molecular formula is C16H20IN. The van der Waals surface area contributed by atoms with Crippen LogP contribution in [0.5, 0.6) is 0 Å². The molecule has 1 aliphatic heterocycles. The molecule has 1 saturated heterocycles. The molecule has 0 bridgehead atoms. The lowest BCUT2D eigenvalue weighted by Gasteiger charge is -2.29. The van der Waals surface area contributed by atoms with Crippen LogP contribution in [-0.4, -0.2) is 21.9 Å². The van der Waals surface area contributed by atoms with E-state index in [1.165, 1.54) is 29.4 Å². The molecule has 0 saturated carbocycles. The zero-order valence-corrected chi connectivity index (χ0v) is 12.8. The molecule has 1 aromatic carbocycles. The van der Waals surface area contributed by atoms with Crippen molar-refractivity contribution in [3.8, 4) is 0 Å². The lowest BCUT2D eigenvalue weighted by Crippen LogP contribution is -2.32. The molecule has 0 N–H and O–H groups in total. The van der Waals surface area contributed by atoms with Crippen molar-refractivity contribution in [2.24, 2.45) is 11.8 Å². The third kappa shape index (κ3) is 2.50. The van der Waals surface area contributed by atoms with Crippen LogP contribution in [0.2, 0.25) is 0 Å². The molecule has 0 amide bonds. The number of nitrogens with zero attached hydrogens (tertiary/aromatic N) is 1. The minimum Gasteiger partial charge on any atom is -0.295 e. The molecule has 1 heterocycles. The first-order valence-corrected chi connectivity index (χ1v) is 8.41. The molecule has 1 fully saturated rings. The number of fused-ring (bicyclic) bond motifs is 1. The van der Waals surface area contributed by atoms with Crippen LogP contribution in [0.4, 0.5) is 0 Å². The van der Waals surface area contributed by atoms with E-state index in [1.807, 2.05) is 0 Å². The van der Waals surface area contributed by atoms with Gasteiger partial charge in [-0.15, -0.1) is 0 Å². The van der Waals surface area contributed by atoms with Crippen molar-refractivity contribution in [3.05, 3.63) is 48.0 Å². The van der Waals surface area contributed by atoms with Gasteiger partial charge in [0.2, 0.25) is 0 Å². The standard InChI is InChI=1S/C16H20IN/c17-10-14-12-18(11-13-6-2-1-3-7-13)16-9-5-4-8-15(14)16/h1-4,6-8,14-16H,5,9-12H2/t14-,15-,16-/m1/s1. The van der Waals surface area contributed by atoms with Crippen LogP contribution in [0, 0.1) is 11.8 Å². The fourth-order valence-electron chi connectivity index (χ4n) is 3.45. The molecule has 3 atom stereocenters. The maximum atomic E-state index is 2.72. The van der Waals surface area contributed by atoms with E-state index in [4.69, 9.17) is 0 Å². The second-order valence-corrected chi connectivity index (χ2v) is 6.36. The largest absolute Gasteiger partial charge is 0.295 e. The zero-order chi connectivity index (χ0) is 12.4. The summed E-state index contributed by atoms with van der Waals surface area (Å²) in [5.74, 6) is 1.66. The molecule has 2 aliphatic rings. The van der Waals surface area contributed by atoms with E-state index in [1.54, 1.807) is 0 Å². The van der Waals surface area contributed by atoms with Crippen molar-refractivity contribution in [3.63, 3.8) is 0 Å². The average molecular weight is 353 g/mol. The van der Waals surface area contributed by atoms with E-state index in [0.29, 0.717) is 0 Å². The quantitative estimate of drug-likeness (QED) is 0.453. The van der Waals surface area contributed by atoms with Crippen LogP contribution in [0.1, 0.15) is 18.4 Å². The summed E-state index contributed by atoms with van der Waals surface area (Å²) in [6, 6.07) is 11.7. The Morgan fingerprint density at radius 2 is 2.06 bits per heavy atom. The van der Waals surface area contributed by atoms with Crippen molar-refractivity contribution in [2.45, 2.75) is 25.4 Å². The Labute approximate surface area is 123 Å². The summed E-state index contributed by atoms with van der Waals surface area (Å²) in [6.45, 7) is 2.40. The fourth-order valence-corrected chi connectivity index (χ4v) is 4.31. The number of likely N-dealkylation sites (tertiary alicyclic amines) is 1. The number of rotatable bonds is 3. The van der Waals surface area contributed by atoms with Crippen LogP contribution in [-0.2, 0) is 6.54 Å². The number of allylic oxidation sites excluding steroid dienone is 1. The Kier molecular flexibility index (Phi) is 4.04. The molecule has 96 valence electrons. The van der Waals surface area contributed by atoms with E-state index in [9.17, 15) is 0 Å². The normalized spacial score (nSPS) is 31.5. The van der Waals surface area contributed by atoms with Crippen molar-refractivity contribution >= 4 is 22.6 Å². The third-order valence-electron chi connectivity index (χ3n) is 4.34. The SMILES string of the molecule is IC[C@@H]1CN(Cc2ccccc2)[C@@H]2CCC=C[C@H]12. The van der Waals surface area contributed by atoms with Gasteiger partial charge in [-0.2, -0.15) is 0 Å². The van der Waals surface area contributed by atoms with E-state index in [2.05, 4.69) is 70.0 Å². The smallest absolute Gasteiger partial charge is 0.0237 e. The molecular weight excluding hydrogens is 333 g/mol. The molecule has 0 aromatic heterocycles. The van der Waals surface area contributed by atoms with Crippen LogP contribution >= 0.6 is 22.6 Å². The maximum Gasteiger partial charge on any atom is 0.0237 e. The van der Waals surface area contributed by atoms with Crippen molar-refractivity contribution in [2.75, 3.05) is 11.0 Å². The Morgan fingerprint density at radius 1 is 1.22 bits per heavy atom. The van der Waals surface area contributed by atoms with Crippen LogP contribution in [0.25, 0.3) is 0 Å². The summed E-state index contributed by atoms with van der Waals surface area (Å²) < 4.78 is 1.29. The molecule has 3 rings (SSSR count). The van der Waals surface area contributed by atoms with Crippen LogP contribution < -0.4 is 0 Å². The highest BCUT2D eigenvalue weighted by molar-refractivity contribution is 14.1. The number of alkyl halides is 1. The van der Waals surface area contributed by atoms with Gasteiger partial charge in [0.15, 0.2) is 0 Å². The molecule has 18 heavy (non-hydrogen) atoms. The molecule has 0 unspecified atom stereocenters. The Balaban J connectivity index is 1.75. The van der Waals surface area contributed by atoms with Gasteiger partial charge >= 0.3 is 0 Å². The lowest BCUT2D eigenvalue weighted by molar-refractivity contribution is 0.215. The van der Waals surface area contributed by atoms with Gasteiger partial charge in [0.1, 0.15) is 0 Å². The molecule has 0 radical (unpaired) electrons. The minimum absolute atomic E-state index is 0.787. The molecule has 0 spiro atoms. The fraction of sp³-hybridized carbons (Fsp3) is 0.500.